The van der Waals surface area contributed by atoms with Crippen LogP contribution in [0.1, 0.15) is 5.56 Å². The van der Waals surface area contributed by atoms with Crippen molar-refractivity contribution in [2.24, 2.45) is 7.05 Å². The lowest BCUT2D eigenvalue weighted by molar-refractivity contribution is -0.137. The van der Waals surface area contributed by atoms with E-state index in [2.05, 4.69) is 20.4 Å². The van der Waals surface area contributed by atoms with Gasteiger partial charge in [-0.3, -0.25) is 4.68 Å². The van der Waals surface area contributed by atoms with E-state index in [9.17, 15) is 13.2 Å². The van der Waals surface area contributed by atoms with Crippen molar-refractivity contribution in [3.8, 4) is 5.75 Å². The Labute approximate surface area is 128 Å². The number of fused-ring (bicyclic) bond motifs is 1. The predicted molar refractivity (Wildman–Crippen MR) is 77.6 cm³/mol. The first-order chi connectivity index (χ1) is 10.9. The van der Waals surface area contributed by atoms with Crippen LogP contribution < -0.4 is 10.1 Å². The van der Waals surface area contributed by atoms with Crippen LogP contribution in [0.3, 0.4) is 0 Å². The van der Waals surface area contributed by atoms with Crippen molar-refractivity contribution < 1.29 is 17.9 Å². The number of aryl methyl sites for hydroxylation is 1. The summed E-state index contributed by atoms with van der Waals surface area (Å²) in [5, 5.41) is 7.52. The highest BCUT2D eigenvalue weighted by atomic mass is 19.4. The second-order valence-corrected chi connectivity index (χ2v) is 4.78. The smallest absolute Gasteiger partial charge is 0.416 e. The van der Waals surface area contributed by atoms with E-state index in [0.717, 1.165) is 17.5 Å². The lowest BCUT2D eigenvalue weighted by Crippen LogP contribution is -2.07. The summed E-state index contributed by atoms with van der Waals surface area (Å²) in [5.41, 5.74) is -0.0975. The zero-order chi connectivity index (χ0) is 16.6. The van der Waals surface area contributed by atoms with Crippen molar-refractivity contribution in [2.75, 3.05) is 12.4 Å². The van der Waals surface area contributed by atoms with E-state index < -0.39 is 11.7 Å². The van der Waals surface area contributed by atoms with Crippen molar-refractivity contribution in [1.29, 1.82) is 0 Å². The van der Waals surface area contributed by atoms with E-state index in [1.165, 1.54) is 19.4 Å². The summed E-state index contributed by atoms with van der Waals surface area (Å²) in [6.45, 7) is 0. The van der Waals surface area contributed by atoms with Crippen LogP contribution in [-0.4, -0.2) is 26.9 Å². The lowest BCUT2D eigenvalue weighted by Gasteiger charge is -2.13. The first-order valence-electron chi connectivity index (χ1n) is 6.55. The number of anilines is 2. The summed E-state index contributed by atoms with van der Waals surface area (Å²) in [6.07, 6.45) is -1.31. The Morgan fingerprint density at radius 2 is 2.00 bits per heavy atom. The van der Waals surface area contributed by atoms with Crippen LogP contribution in [0.4, 0.5) is 24.8 Å². The van der Waals surface area contributed by atoms with Crippen LogP contribution in [0.25, 0.3) is 11.0 Å². The Hall–Kier alpha value is -2.84. The highest BCUT2D eigenvalue weighted by molar-refractivity contribution is 5.75. The molecule has 120 valence electrons. The molecule has 0 aliphatic rings. The minimum Gasteiger partial charge on any atom is -0.495 e. The maximum atomic E-state index is 12.9. The molecule has 0 atom stereocenters. The molecule has 0 unspecified atom stereocenters. The number of nitrogens with zero attached hydrogens (tertiary/aromatic N) is 4. The van der Waals surface area contributed by atoms with Gasteiger partial charge in [-0.25, -0.2) is 4.98 Å². The number of benzene rings is 1. The minimum absolute atomic E-state index is 0.129. The summed E-state index contributed by atoms with van der Waals surface area (Å²) < 4.78 is 45.2. The monoisotopic (exact) mass is 323 g/mol. The molecule has 1 aromatic carbocycles. The molecular formula is C14H12F3N5O. The quantitative estimate of drug-likeness (QED) is 0.802. The zero-order valence-electron chi connectivity index (χ0n) is 12.2. The van der Waals surface area contributed by atoms with E-state index >= 15 is 0 Å². The molecule has 0 radical (unpaired) electrons. The zero-order valence-corrected chi connectivity index (χ0v) is 12.2. The predicted octanol–water partition coefficient (Wildman–Crippen LogP) is 3.13. The van der Waals surface area contributed by atoms with E-state index in [1.807, 2.05) is 0 Å². The van der Waals surface area contributed by atoms with E-state index in [-0.39, 0.29) is 17.4 Å². The molecule has 1 N–H and O–H groups in total. The fraction of sp³-hybridized carbons (Fsp3) is 0.214. The molecule has 0 aliphatic heterocycles. The van der Waals surface area contributed by atoms with Crippen LogP contribution in [-0.2, 0) is 13.2 Å². The van der Waals surface area contributed by atoms with Crippen molar-refractivity contribution in [1.82, 2.24) is 19.7 Å². The third kappa shape index (κ3) is 2.89. The second kappa shape index (κ2) is 5.41. The van der Waals surface area contributed by atoms with Gasteiger partial charge >= 0.3 is 6.18 Å². The van der Waals surface area contributed by atoms with Gasteiger partial charge in [0.1, 0.15) is 5.75 Å². The number of alkyl halides is 3. The summed E-state index contributed by atoms with van der Waals surface area (Å²) in [4.78, 5) is 8.31. The van der Waals surface area contributed by atoms with Crippen LogP contribution in [0, 0.1) is 0 Å². The van der Waals surface area contributed by atoms with Crippen molar-refractivity contribution >= 4 is 22.7 Å². The van der Waals surface area contributed by atoms with Gasteiger partial charge in [-0.15, -0.1) is 0 Å². The molecule has 0 saturated heterocycles. The van der Waals surface area contributed by atoms with E-state index in [1.54, 1.807) is 17.9 Å². The average molecular weight is 323 g/mol. The summed E-state index contributed by atoms with van der Waals surface area (Å²) in [5.74, 6) is 0.408. The third-order valence-electron chi connectivity index (χ3n) is 3.25. The van der Waals surface area contributed by atoms with Gasteiger partial charge in [0.2, 0.25) is 5.95 Å². The molecule has 9 heteroatoms. The SMILES string of the molecule is COc1ccc(C(F)(F)F)cc1Nc1ncc2cnn(C)c2n1. The highest BCUT2D eigenvalue weighted by Gasteiger charge is 2.31. The number of aromatic nitrogens is 4. The van der Waals surface area contributed by atoms with Crippen molar-refractivity contribution in [3.05, 3.63) is 36.2 Å². The maximum Gasteiger partial charge on any atom is 0.416 e. The number of ether oxygens (including phenoxy) is 1. The second-order valence-electron chi connectivity index (χ2n) is 4.78. The lowest BCUT2D eigenvalue weighted by atomic mass is 10.2. The molecule has 6 nitrogen and oxygen atoms in total. The minimum atomic E-state index is -4.45. The first-order valence-corrected chi connectivity index (χ1v) is 6.55. The normalized spacial score (nSPS) is 11.7. The molecule has 0 bridgehead atoms. The number of nitrogens with one attached hydrogen (secondary N) is 1. The first kappa shape index (κ1) is 15.1. The molecule has 3 rings (SSSR count). The Morgan fingerprint density at radius 1 is 1.22 bits per heavy atom. The molecule has 3 aromatic rings. The largest absolute Gasteiger partial charge is 0.495 e. The number of halogens is 3. The molecule has 0 saturated carbocycles. The Balaban J connectivity index is 2.01. The molecule has 2 aromatic heterocycles. The standard InChI is InChI=1S/C14H12F3N5O/c1-22-12-8(7-19-22)6-18-13(21-12)20-10-5-9(14(15,16)17)3-4-11(10)23-2/h3-7H,1-2H3,(H,18,20,21). The number of hydrogen-bond donors (Lipinski definition) is 1. The number of hydrogen-bond acceptors (Lipinski definition) is 5. The van der Waals surface area contributed by atoms with Gasteiger partial charge in [0.25, 0.3) is 0 Å². The van der Waals surface area contributed by atoms with Crippen LogP contribution in [0.2, 0.25) is 0 Å². The van der Waals surface area contributed by atoms with Crippen LogP contribution >= 0.6 is 0 Å². The van der Waals surface area contributed by atoms with Gasteiger partial charge in [-0.1, -0.05) is 0 Å². The Morgan fingerprint density at radius 3 is 2.70 bits per heavy atom. The molecule has 23 heavy (non-hydrogen) atoms. The summed E-state index contributed by atoms with van der Waals surface area (Å²) in [7, 11) is 3.09. The third-order valence-corrected chi connectivity index (χ3v) is 3.25. The molecule has 0 spiro atoms. The number of methoxy groups -OCH3 is 1. The van der Waals surface area contributed by atoms with Gasteiger partial charge in [0.05, 0.1) is 29.9 Å². The molecule has 0 aliphatic carbocycles. The van der Waals surface area contributed by atoms with Gasteiger partial charge in [0, 0.05) is 13.2 Å². The van der Waals surface area contributed by atoms with Gasteiger partial charge in [-0.05, 0) is 18.2 Å². The molecule has 2 heterocycles. The van der Waals surface area contributed by atoms with E-state index in [4.69, 9.17) is 4.74 Å². The van der Waals surface area contributed by atoms with Gasteiger partial charge < -0.3 is 10.1 Å². The Bertz CT molecular complexity index is 859. The van der Waals surface area contributed by atoms with E-state index in [0.29, 0.717) is 5.65 Å². The summed E-state index contributed by atoms with van der Waals surface area (Å²) >= 11 is 0. The highest BCUT2D eigenvalue weighted by Crippen LogP contribution is 2.35. The maximum absolute atomic E-state index is 12.9. The van der Waals surface area contributed by atoms with Crippen LogP contribution in [0.5, 0.6) is 5.75 Å². The van der Waals surface area contributed by atoms with Crippen LogP contribution in [0.15, 0.2) is 30.6 Å². The van der Waals surface area contributed by atoms with Gasteiger partial charge in [0.15, 0.2) is 5.65 Å². The molecule has 0 fully saturated rings. The fourth-order valence-corrected chi connectivity index (χ4v) is 2.10. The fourth-order valence-electron chi connectivity index (χ4n) is 2.10. The summed E-state index contributed by atoms with van der Waals surface area (Å²) in [6, 6.07) is 3.15. The Kier molecular flexibility index (Phi) is 3.55. The number of rotatable bonds is 3. The topological polar surface area (TPSA) is 64.9 Å². The average Bonchev–Trinajstić information content (AvgIpc) is 2.87. The molecule has 0 amide bonds. The van der Waals surface area contributed by atoms with Crippen molar-refractivity contribution in [2.45, 2.75) is 6.18 Å². The van der Waals surface area contributed by atoms with Gasteiger partial charge in [-0.2, -0.15) is 23.3 Å². The molecular weight excluding hydrogens is 311 g/mol. The van der Waals surface area contributed by atoms with Crippen molar-refractivity contribution in [3.63, 3.8) is 0 Å².